The molecule has 1 saturated carbocycles. The van der Waals surface area contributed by atoms with Crippen molar-refractivity contribution < 1.29 is 19.1 Å². The van der Waals surface area contributed by atoms with Crippen LogP contribution in [0.15, 0.2) is 40.9 Å². The molecule has 0 unspecified atom stereocenters. The van der Waals surface area contributed by atoms with Crippen LogP contribution < -0.4 is 5.32 Å². The number of carbonyl (C=O) groups excluding carboxylic acids is 1. The predicted octanol–water partition coefficient (Wildman–Crippen LogP) is 2.72. The summed E-state index contributed by atoms with van der Waals surface area (Å²) in [6.07, 6.45) is 5.07. The molecular weight excluding hydrogens is 358 g/mol. The van der Waals surface area contributed by atoms with Crippen molar-refractivity contribution in [2.45, 2.75) is 51.1 Å². The third-order valence-corrected chi connectivity index (χ3v) is 5.15. The topological polar surface area (TPSA) is 95.7 Å². The van der Waals surface area contributed by atoms with Crippen LogP contribution in [0.3, 0.4) is 0 Å². The van der Waals surface area contributed by atoms with Crippen molar-refractivity contribution in [3.8, 4) is 11.3 Å². The Morgan fingerprint density at radius 2 is 2.04 bits per heavy atom. The molecule has 3 rings (SSSR count). The van der Waals surface area contributed by atoms with Gasteiger partial charge >= 0.3 is 5.97 Å². The average Bonchev–Trinajstić information content (AvgIpc) is 3.12. The van der Waals surface area contributed by atoms with Crippen LogP contribution >= 0.6 is 0 Å². The van der Waals surface area contributed by atoms with Gasteiger partial charge in [-0.25, -0.2) is 4.98 Å². The van der Waals surface area contributed by atoms with Crippen molar-refractivity contribution in [1.29, 1.82) is 0 Å². The summed E-state index contributed by atoms with van der Waals surface area (Å²) in [7, 11) is 0. The molecule has 2 N–H and O–H groups in total. The van der Waals surface area contributed by atoms with Crippen LogP contribution in [0.5, 0.6) is 0 Å². The Hall–Kier alpha value is -2.67. The molecule has 2 aromatic rings. The second-order valence-corrected chi connectivity index (χ2v) is 7.18. The first-order valence-corrected chi connectivity index (χ1v) is 9.80. The zero-order valence-electron chi connectivity index (χ0n) is 16.1. The molecule has 1 aromatic carbocycles. The highest BCUT2D eigenvalue weighted by atomic mass is 16.4. The van der Waals surface area contributed by atoms with Gasteiger partial charge in [0, 0.05) is 30.5 Å². The quantitative estimate of drug-likeness (QED) is 0.653. The highest BCUT2D eigenvalue weighted by molar-refractivity contribution is 5.76. The summed E-state index contributed by atoms with van der Waals surface area (Å²) in [6, 6.07) is 10.2. The van der Waals surface area contributed by atoms with Gasteiger partial charge in [-0.2, -0.15) is 0 Å². The normalized spacial score (nSPS) is 18.6. The molecule has 1 amide bonds. The molecule has 7 nitrogen and oxygen atoms in total. The van der Waals surface area contributed by atoms with Crippen molar-refractivity contribution in [3.05, 3.63) is 42.4 Å². The number of nitrogens with one attached hydrogen (secondary N) is 1. The number of aliphatic carboxylic acids is 1. The van der Waals surface area contributed by atoms with Crippen LogP contribution in [0.4, 0.5) is 0 Å². The highest BCUT2D eigenvalue weighted by Gasteiger charge is 2.34. The summed E-state index contributed by atoms with van der Waals surface area (Å²) in [6.45, 7) is 2.72. The molecule has 1 fully saturated rings. The van der Waals surface area contributed by atoms with Gasteiger partial charge in [0.25, 0.3) is 0 Å². The maximum Gasteiger partial charge on any atom is 0.317 e. The van der Waals surface area contributed by atoms with Gasteiger partial charge in [-0.1, -0.05) is 37.3 Å². The number of benzene rings is 1. The van der Waals surface area contributed by atoms with E-state index in [4.69, 9.17) is 9.52 Å². The molecule has 150 valence electrons. The number of likely N-dealkylation sites (N-methyl/N-ethyl adjacent to an activating group) is 1. The molecule has 1 heterocycles. The fourth-order valence-corrected chi connectivity index (χ4v) is 3.54. The first-order valence-electron chi connectivity index (χ1n) is 9.80. The Morgan fingerprint density at radius 3 is 2.71 bits per heavy atom. The van der Waals surface area contributed by atoms with Gasteiger partial charge in [-0.05, 0) is 25.8 Å². The molecule has 0 aliphatic heterocycles. The smallest absolute Gasteiger partial charge is 0.317 e. The number of aryl methyl sites for hydroxylation is 1. The van der Waals surface area contributed by atoms with Crippen LogP contribution in [0.25, 0.3) is 11.3 Å². The van der Waals surface area contributed by atoms with E-state index < -0.39 is 5.97 Å². The Balaban J connectivity index is 1.35. The largest absolute Gasteiger partial charge is 0.480 e. The van der Waals surface area contributed by atoms with E-state index in [2.05, 4.69) is 10.3 Å². The van der Waals surface area contributed by atoms with E-state index in [0.29, 0.717) is 31.7 Å². The Kier molecular flexibility index (Phi) is 6.81. The summed E-state index contributed by atoms with van der Waals surface area (Å²) >= 11 is 0. The van der Waals surface area contributed by atoms with Gasteiger partial charge in [0.15, 0.2) is 11.7 Å². The number of oxazole rings is 1. The third-order valence-electron chi connectivity index (χ3n) is 5.15. The lowest BCUT2D eigenvalue weighted by molar-refractivity contribution is -0.139. The lowest BCUT2D eigenvalue weighted by Gasteiger charge is -2.42. The summed E-state index contributed by atoms with van der Waals surface area (Å²) in [4.78, 5) is 29.2. The van der Waals surface area contributed by atoms with Gasteiger partial charge in [-0.3, -0.25) is 14.5 Å². The summed E-state index contributed by atoms with van der Waals surface area (Å²) in [5.74, 6) is 0.598. The number of aromatic nitrogens is 1. The molecule has 0 saturated heterocycles. The van der Waals surface area contributed by atoms with Crippen molar-refractivity contribution in [1.82, 2.24) is 15.2 Å². The number of rotatable bonds is 10. The minimum Gasteiger partial charge on any atom is -0.480 e. The van der Waals surface area contributed by atoms with E-state index in [9.17, 15) is 9.59 Å². The number of nitrogens with zero attached hydrogens (tertiary/aromatic N) is 2. The summed E-state index contributed by atoms with van der Waals surface area (Å²) < 4.78 is 5.75. The standard InChI is InChI=1S/C21H27N3O4/c1-2-24(14-21(26)27)17-11-16(12-17)23-19(25)9-6-10-20-22-13-18(28-20)15-7-4-3-5-8-15/h3-5,7-8,13,16-17H,2,6,9-12,14H2,1H3,(H,23,25)(H,26,27). The molecule has 7 heteroatoms. The predicted molar refractivity (Wildman–Crippen MR) is 105 cm³/mol. The van der Waals surface area contributed by atoms with Crippen molar-refractivity contribution >= 4 is 11.9 Å². The van der Waals surface area contributed by atoms with Gasteiger partial charge in [0.05, 0.1) is 12.7 Å². The molecule has 28 heavy (non-hydrogen) atoms. The molecular formula is C21H27N3O4. The molecule has 1 aromatic heterocycles. The van der Waals surface area contributed by atoms with Crippen LogP contribution in [0.1, 0.15) is 38.5 Å². The third kappa shape index (κ3) is 5.42. The summed E-state index contributed by atoms with van der Waals surface area (Å²) in [5, 5.41) is 12.0. The minimum absolute atomic E-state index is 0.0274. The van der Waals surface area contributed by atoms with E-state index in [0.717, 1.165) is 24.2 Å². The number of carboxylic acid groups (broad SMARTS) is 1. The van der Waals surface area contributed by atoms with E-state index in [1.165, 1.54) is 0 Å². The molecule has 1 aliphatic rings. The zero-order valence-corrected chi connectivity index (χ0v) is 16.1. The zero-order chi connectivity index (χ0) is 19.9. The van der Waals surface area contributed by atoms with Gasteiger partial charge < -0.3 is 14.8 Å². The average molecular weight is 385 g/mol. The Labute approximate surface area is 164 Å². The Bertz CT molecular complexity index is 784. The lowest BCUT2D eigenvalue weighted by Crippen LogP contribution is -2.54. The van der Waals surface area contributed by atoms with E-state index in [-0.39, 0.29) is 24.5 Å². The van der Waals surface area contributed by atoms with Crippen molar-refractivity contribution in [2.75, 3.05) is 13.1 Å². The first kappa shape index (κ1) is 20.1. The number of amides is 1. The fourth-order valence-electron chi connectivity index (χ4n) is 3.54. The van der Waals surface area contributed by atoms with E-state index in [1.54, 1.807) is 6.20 Å². The van der Waals surface area contributed by atoms with Gasteiger partial charge in [-0.15, -0.1) is 0 Å². The van der Waals surface area contributed by atoms with Crippen molar-refractivity contribution in [3.63, 3.8) is 0 Å². The van der Waals surface area contributed by atoms with Crippen LogP contribution in [0, 0.1) is 0 Å². The second-order valence-electron chi connectivity index (χ2n) is 7.18. The van der Waals surface area contributed by atoms with E-state index >= 15 is 0 Å². The number of carbonyl (C=O) groups is 2. The number of hydrogen-bond donors (Lipinski definition) is 2. The van der Waals surface area contributed by atoms with Crippen LogP contribution in [0.2, 0.25) is 0 Å². The van der Waals surface area contributed by atoms with Crippen LogP contribution in [-0.4, -0.2) is 52.0 Å². The fraction of sp³-hybridized carbons (Fsp3) is 0.476. The molecule has 1 aliphatic carbocycles. The molecule has 0 spiro atoms. The number of carboxylic acids is 1. The minimum atomic E-state index is -0.809. The molecule has 0 atom stereocenters. The highest BCUT2D eigenvalue weighted by Crippen LogP contribution is 2.26. The van der Waals surface area contributed by atoms with Gasteiger partial charge in [0.2, 0.25) is 5.91 Å². The number of hydrogen-bond acceptors (Lipinski definition) is 5. The Morgan fingerprint density at radius 1 is 1.29 bits per heavy atom. The SMILES string of the molecule is CCN(CC(=O)O)C1CC(NC(=O)CCCc2ncc(-c3ccccc3)o2)C1. The van der Waals surface area contributed by atoms with Crippen LogP contribution in [-0.2, 0) is 16.0 Å². The maximum atomic E-state index is 12.1. The monoisotopic (exact) mass is 385 g/mol. The van der Waals surface area contributed by atoms with Crippen molar-refractivity contribution in [2.24, 2.45) is 0 Å². The lowest BCUT2D eigenvalue weighted by atomic mass is 9.85. The molecule has 0 bridgehead atoms. The second kappa shape index (κ2) is 9.50. The maximum absolute atomic E-state index is 12.1. The van der Waals surface area contributed by atoms with Gasteiger partial charge in [0.1, 0.15) is 0 Å². The summed E-state index contributed by atoms with van der Waals surface area (Å²) in [5.41, 5.74) is 0.988. The van der Waals surface area contributed by atoms with E-state index in [1.807, 2.05) is 42.2 Å². The molecule has 0 radical (unpaired) electrons. The first-order chi connectivity index (χ1) is 13.5.